The molecule has 1 aromatic rings. The van der Waals surface area contributed by atoms with Crippen LogP contribution < -0.4 is 5.32 Å². The second-order valence-electron chi connectivity index (χ2n) is 3.90. The monoisotopic (exact) mass is 237 g/mol. The van der Waals surface area contributed by atoms with Crippen molar-refractivity contribution in [2.45, 2.75) is 31.1 Å². The van der Waals surface area contributed by atoms with Crippen LogP contribution in [0.4, 0.5) is 5.69 Å². The van der Waals surface area contributed by atoms with Gasteiger partial charge in [-0.3, -0.25) is 9.00 Å². The molecule has 0 fully saturated rings. The molecule has 1 heterocycles. The highest BCUT2D eigenvalue weighted by atomic mass is 32.2. The number of hydrogen-bond donors (Lipinski definition) is 1. The molecular formula is C12H15NO2S. The fraction of sp³-hybridized carbons (Fsp3) is 0.417. The smallest absolute Gasteiger partial charge is 0.162 e. The Labute approximate surface area is 97.7 Å². The lowest BCUT2D eigenvalue weighted by atomic mass is 10.1. The zero-order valence-corrected chi connectivity index (χ0v) is 10.1. The van der Waals surface area contributed by atoms with E-state index in [1.165, 1.54) is 0 Å². The summed E-state index contributed by atoms with van der Waals surface area (Å²) in [5, 5.41) is 3.05. The molecule has 86 valence electrons. The van der Waals surface area contributed by atoms with Crippen molar-refractivity contribution in [2.75, 3.05) is 11.2 Å². The first-order valence-corrected chi connectivity index (χ1v) is 6.83. The molecule has 0 spiro atoms. The summed E-state index contributed by atoms with van der Waals surface area (Å²) < 4.78 is 11.6. The van der Waals surface area contributed by atoms with Crippen molar-refractivity contribution in [3.05, 3.63) is 23.8 Å². The first kappa shape index (κ1) is 11.3. The number of benzene rings is 1. The van der Waals surface area contributed by atoms with Gasteiger partial charge in [-0.25, -0.2) is 0 Å². The number of anilines is 1. The number of unbranched alkanes of at least 4 members (excludes halogenated alkanes) is 1. The van der Waals surface area contributed by atoms with Crippen molar-refractivity contribution in [1.29, 1.82) is 0 Å². The molecule has 16 heavy (non-hydrogen) atoms. The van der Waals surface area contributed by atoms with E-state index in [2.05, 4.69) is 12.2 Å². The Morgan fingerprint density at radius 3 is 3.06 bits per heavy atom. The Morgan fingerprint density at radius 2 is 2.31 bits per heavy atom. The molecular weight excluding hydrogens is 222 g/mol. The van der Waals surface area contributed by atoms with Crippen LogP contribution in [0, 0.1) is 0 Å². The lowest BCUT2D eigenvalue weighted by molar-refractivity contribution is 0.0979. The van der Waals surface area contributed by atoms with E-state index in [-0.39, 0.29) is 5.78 Å². The molecule has 0 saturated heterocycles. The lowest BCUT2D eigenvalue weighted by Crippen LogP contribution is -1.99. The lowest BCUT2D eigenvalue weighted by Gasteiger charge is -2.02. The van der Waals surface area contributed by atoms with Crippen LogP contribution in [0.3, 0.4) is 0 Å². The quantitative estimate of drug-likeness (QED) is 0.819. The Balaban J connectivity index is 2.21. The summed E-state index contributed by atoms with van der Waals surface area (Å²) in [4.78, 5) is 12.6. The number of hydrogen-bond acceptors (Lipinski definition) is 3. The van der Waals surface area contributed by atoms with Crippen molar-refractivity contribution < 1.29 is 9.00 Å². The Kier molecular flexibility index (Phi) is 3.39. The number of rotatable bonds is 4. The van der Waals surface area contributed by atoms with Gasteiger partial charge in [-0.05, 0) is 24.6 Å². The van der Waals surface area contributed by atoms with E-state index in [0.29, 0.717) is 17.9 Å². The third-order valence-electron chi connectivity index (χ3n) is 2.70. The fourth-order valence-corrected chi connectivity index (χ4v) is 2.82. The van der Waals surface area contributed by atoms with Crippen LogP contribution >= 0.6 is 0 Å². The Morgan fingerprint density at radius 1 is 1.50 bits per heavy atom. The Bertz CT molecular complexity index is 443. The molecule has 1 unspecified atom stereocenters. The third kappa shape index (κ3) is 2.16. The maximum absolute atomic E-state index is 11.8. The van der Waals surface area contributed by atoms with E-state index < -0.39 is 10.8 Å². The normalized spacial score (nSPS) is 17.9. The zero-order chi connectivity index (χ0) is 11.5. The molecule has 1 N–H and O–H groups in total. The summed E-state index contributed by atoms with van der Waals surface area (Å²) in [6.07, 6.45) is 2.51. The van der Waals surface area contributed by atoms with E-state index in [1.807, 2.05) is 12.1 Å². The van der Waals surface area contributed by atoms with Crippen LogP contribution in [0.25, 0.3) is 0 Å². The average Bonchev–Trinajstić information content (AvgIpc) is 2.67. The minimum atomic E-state index is -0.994. The third-order valence-corrected chi connectivity index (χ3v) is 3.93. The van der Waals surface area contributed by atoms with Gasteiger partial charge in [-0.1, -0.05) is 13.3 Å². The topological polar surface area (TPSA) is 46.2 Å². The maximum Gasteiger partial charge on any atom is 0.162 e. The van der Waals surface area contributed by atoms with E-state index in [0.717, 1.165) is 23.4 Å². The standard InChI is InChI=1S/C12H15NO2S/c1-2-3-4-11(14)9-5-6-10-12(7-9)16(15)8-13-10/h5-7,13H,2-4,8H2,1H3. The molecule has 0 aromatic heterocycles. The highest BCUT2D eigenvalue weighted by Gasteiger charge is 2.19. The average molecular weight is 237 g/mol. The van der Waals surface area contributed by atoms with E-state index >= 15 is 0 Å². The van der Waals surface area contributed by atoms with Crippen LogP contribution in [-0.4, -0.2) is 15.9 Å². The van der Waals surface area contributed by atoms with Gasteiger partial charge in [-0.15, -0.1) is 0 Å². The van der Waals surface area contributed by atoms with Gasteiger partial charge in [0, 0.05) is 12.0 Å². The largest absolute Gasteiger partial charge is 0.372 e. The molecule has 0 saturated carbocycles. The number of carbonyl (C=O) groups excluding carboxylic acids is 1. The van der Waals surface area contributed by atoms with Gasteiger partial charge in [-0.2, -0.15) is 0 Å². The van der Waals surface area contributed by atoms with Crippen LogP contribution in [-0.2, 0) is 10.8 Å². The van der Waals surface area contributed by atoms with Gasteiger partial charge in [0.25, 0.3) is 0 Å². The summed E-state index contributed by atoms with van der Waals surface area (Å²) in [6.45, 7) is 2.06. The molecule has 3 nitrogen and oxygen atoms in total. The summed E-state index contributed by atoms with van der Waals surface area (Å²) in [5.74, 6) is 0.607. The molecule has 1 aliphatic rings. The second-order valence-corrected chi connectivity index (χ2v) is 5.32. The fourth-order valence-electron chi connectivity index (χ4n) is 1.73. The van der Waals surface area contributed by atoms with Gasteiger partial charge in [0.2, 0.25) is 0 Å². The molecule has 0 aliphatic carbocycles. The van der Waals surface area contributed by atoms with Crippen LogP contribution in [0.15, 0.2) is 23.1 Å². The van der Waals surface area contributed by atoms with Gasteiger partial charge in [0.15, 0.2) is 5.78 Å². The molecule has 2 rings (SSSR count). The van der Waals surface area contributed by atoms with Crippen LogP contribution in [0.2, 0.25) is 0 Å². The van der Waals surface area contributed by atoms with E-state index in [9.17, 15) is 9.00 Å². The Hall–Kier alpha value is -1.16. The molecule has 0 amide bonds. The number of ketones is 1. The molecule has 1 aromatic carbocycles. The van der Waals surface area contributed by atoms with Gasteiger partial charge < -0.3 is 5.32 Å². The molecule has 1 atom stereocenters. The van der Waals surface area contributed by atoms with Gasteiger partial charge >= 0.3 is 0 Å². The van der Waals surface area contributed by atoms with E-state index in [4.69, 9.17) is 0 Å². The first-order chi connectivity index (χ1) is 7.72. The molecule has 1 aliphatic heterocycles. The molecule has 4 heteroatoms. The predicted molar refractivity (Wildman–Crippen MR) is 65.2 cm³/mol. The van der Waals surface area contributed by atoms with Crippen molar-refractivity contribution in [3.63, 3.8) is 0 Å². The van der Waals surface area contributed by atoms with Gasteiger partial charge in [0.05, 0.1) is 27.3 Å². The van der Waals surface area contributed by atoms with E-state index in [1.54, 1.807) is 6.07 Å². The second kappa shape index (κ2) is 4.78. The predicted octanol–water partition coefficient (Wildman–Crippen LogP) is 2.55. The van der Waals surface area contributed by atoms with Crippen LogP contribution in [0.1, 0.15) is 36.5 Å². The minimum absolute atomic E-state index is 0.147. The highest BCUT2D eigenvalue weighted by Crippen LogP contribution is 2.27. The molecule has 0 bridgehead atoms. The minimum Gasteiger partial charge on any atom is -0.372 e. The summed E-state index contributed by atoms with van der Waals surface area (Å²) in [5.41, 5.74) is 1.58. The summed E-state index contributed by atoms with van der Waals surface area (Å²) in [6, 6.07) is 5.43. The van der Waals surface area contributed by atoms with Gasteiger partial charge in [0.1, 0.15) is 0 Å². The highest BCUT2D eigenvalue weighted by molar-refractivity contribution is 7.85. The number of carbonyl (C=O) groups is 1. The zero-order valence-electron chi connectivity index (χ0n) is 9.29. The number of nitrogens with one attached hydrogen (secondary N) is 1. The molecule has 0 radical (unpaired) electrons. The summed E-state index contributed by atoms with van der Waals surface area (Å²) in [7, 11) is -0.994. The van der Waals surface area contributed by atoms with Crippen molar-refractivity contribution >= 4 is 22.3 Å². The SMILES string of the molecule is CCCCC(=O)c1ccc2c(c1)S(=O)CN2. The number of Topliss-reactive ketones (excluding diaryl/α,β-unsaturated/α-hetero) is 1. The van der Waals surface area contributed by atoms with Crippen molar-refractivity contribution in [1.82, 2.24) is 0 Å². The van der Waals surface area contributed by atoms with Crippen molar-refractivity contribution in [2.24, 2.45) is 0 Å². The first-order valence-electron chi connectivity index (χ1n) is 5.52. The maximum atomic E-state index is 11.8. The van der Waals surface area contributed by atoms with Crippen molar-refractivity contribution in [3.8, 4) is 0 Å². The number of fused-ring (bicyclic) bond motifs is 1. The van der Waals surface area contributed by atoms with Crippen LogP contribution in [0.5, 0.6) is 0 Å². The summed E-state index contributed by atoms with van der Waals surface area (Å²) >= 11 is 0.